The summed E-state index contributed by atoms with van der Waals surface area (Å²) in [5.41, 5.74) is 0. The Morgan fingerprint density at radius 3 is 2.81 bits per heavy atom. The van der Waals surface area contributed by atoms with Crippen LogP contribution >= 0.6 is 0 Å². The van der Waals surface area contributed by atoms with Crippen LogP contribution in [-0.2, 0) is 9.47 Å². The highest BCUT2D eigenvalue weighted by atomic mass is 16.7. The van der Waals surface area contributed by atoms with Crippen LogP contribution < -0.4 is 0 Å². The van der Waals surface area contributed by atoms with Gasteiger partial charge in [-0.3, -0.25) is 4.90 Å². The Morgan fingerprint density at radius 2 is 2.19 bits per heavy atom. The molecule has 0 radical (unpaired) electrons. The van der Waals surface area contributed by atoms with Crippen molar-refractivity contribution in [2.75, 3.05) is 39.5 Å². The molecule has 16 heavy (non-hydrogen) atoms. The third-order valence-electron chi connectivity index (χ3n) is 2.81. The highest BCUT2D eigenvalue weighted by Crippen LogP contribution is 2.13. The maximum Gasteiger partial charge on any atom is 0.157 e. The van der Waals surface area contributed by atoms with Crippen molar-refractivity contribution < 1.29 is 14.6 Å². The average Bonchev–Trinajstić information content (AvgIpc) is 2.31. The predicted octanol–water partition coefficient (Wildman–Crippen LogP) is 1.23. The van der Waals surface area contributed by atoms with Crippen molar-refractivity contribution in [3.8, 4) is 0 Å². The summed E-state index contributed by atoms with van der Waals surface area (Å²) in [5.74, 6) is 0. The van der Waals surface area contributed by atoms with E-state index >= 15 is 0 Å². The molecule has 1 N–H and O–H groups in total. The van der Waals surface area contributed by atoms with Crippen LogP contribution in [-0.4, -0.2) is 55.8 Å². The zero-order valence-corrected chi connectivity index (χ0v) is 10.4. The van der Waals surface area contributed by atoms with Crippen LogP contribution in [0.25, 0.3) is 0 Å². The minimum absolute atomic E-state index is 0.00588. The van der Waals surface area contributed by atoms with Crippen molar-refractivity contribution in [1.82, 2.24) is 4.90 Å². The zero-order chi connectivity index (χ0) is 11.6. The molecule has 1 rings (SSSR count). The largest absolute Gasteiger partial charge is 0.395 e. The van der Waals surface area contributed by atoms with E-state index < -0.39 is 0 Å². The highest BCUT2D eigenvalue weighted by molar-refractivity contribution is 4.58. The Morgan fingerprint density at radius 1 is 1.31 bits per heavy atom. The van der Waals surface area contributed by atoms with Gasteiger partial charge in [0.25, 0.3) is 0 Å². The minimum Gasteiger partial charge on any atom is -0.395 e. The maximum atomic E-state index is 8.90. The second kappa shape index (κ2) is 8.93. The third kappa shape index (κ3) is 5.80. The van der Waals surface area contributed by atoms with Gasteiger partial charge in [0.05, 0.1) is 13.2 Å². The van der Waals surface area contributed by atoms with Gasteiger partial charge in [0.1, 0.15) is 0 Å². The maximum absolute atomic E-state index is 8.90. The Labute approximate surface area is 98.5 Å². The molecule has 0 bridgehead atoms. The topological polar surface area (TPSA) is 41.9 Å². The summed E-state index contributed by atoms with van der Waals surface area (Å²) in [6.07, 6.45) is 4.51. The molecule has 4 nitrogen and oxygen atoms in total. The van der Waals surface area contributed by atoms with Gasteiger partial charge in [0.15, 0.2) is 6.29 Å². The van der Waals surface area contributed by atoms with Gasteiger partial charge >= 0.3 is 0 Å². The van der Waals surface area contributed by atoms with Gasteiger partial charge in [0, 0.05) is 19.7 Å². The predicted molar refractivity (Wildman–Crippen MR) is 63.4 cm³/mol. The fourth-order valence-electron chi connectivity index (χ4n) is 1.95. The van der Waals surface area contributed by atoms with Crippen molar-refractivity contribution in [3.05, 3.63) is 0 Å². The average molecular weight is 231 g/mol. The summed E-state index contributed by atoms with van der Waals surface area (Å²) in [4.78, 5) is 2.23. The lowest BCUT2D eigenvalue weighted by Gasteiger charge is -2.25. The number of nitrogens with zero attached hydrogens (tertiary/aromatic N) is 1. The fraction of sp³-hybridized carbons (Fsp3) is 1.00. The zero-order valence-electron chi connectivity index (χ0n) is 10.4. The second-order valence-corrected chi connectivity index (χ2v) is 4.23. The van der Waals surface area contributed by atoms with E-state index in [1.54, 1.807) is 0 Å². The van der Waals surface area contributed by atoms with Gasteiger partial charge in [-0.2, -0.15) is 0 Å². The number of aliphatic hydroxyl groups is 1. The Balaban J connectivity index is 2.06. The molecule has 0 spiro atoms. The molecule has 1 aliphatic rings. The van der Waals surface area contributed by atoms with Crippen LogP contribution in [0.5, 0.6) is 0 Å². The fourth-order valence-corrected chi connectivity index (χ4v) is 1.95. The number of rotatable bonds is 8. The Kier molecular flexibility index (Phi) is 7.76. The molecule has 1 unspecified atom stereocenters. The first kappa shape index (κ1) is 13.9. The molecule has 0 saturated carbocycles. The smallest absolute Gasteiger partial charge is 0.157 e. The molecule has 4 heteroatoms. The van der Waals surface area contributed by atoms with Crippen LogP contribution in [0.1, 0.15) is 32.6 Å². The van der Waals surface area contributed by atoms with Gasteiger partial charge < -0.3 is 14.6 Å². The molecule has 1 heterocycles. The quantitative estimate of drug-likeness (QED) is 0.682. The lowest BCUT2D eigenvalue weighted by Crippen LogP contribution is -2.33. The molecule has 0 aromatic heterocycles. The number of hydrogen-bond acceptors (Lipinski definition) is 4. The van der Waals surface area contributed by atoms with Gasteiger partial charge in [-0.15, -0.1) is 0 Å². The van der Waals surface area contributed by atoms with E-state index in [0.29, 0.717) is 6.61 Å². The van der Waals surface area contributed by atoms with Gasteiger partial charge in [-0.25, -0.2) is 0 Å². The molecular formula is C12H25NO3. The van der Waals surface area contributed by atoms with Crippen molar-refractivity contribution in [3.63, 3.8) is 0 Å². The molecule has 0 amide bonds. The summed E-state index contributed by atoms with van der Waals surface area (Å²) in [5, 5.41) is 8.90. The van der Waals surface area contributed by atoms with E-state index in [2.05, 4.69) is 11.8 Å². The van der Waals surface area contributed by atoms with Crippen molar-refractivity contribution in [1.29, 1.82) is 0 Å². The molecule has 0 aromatic rings. The van der Waals surface area contributed by atoms with E-state index in [1.807, 2.05) is 0 Å². The van der Waals surface area contributed by atoms with E-state index in [0.717, 1.165) is 45.5 Å². The molecule has 1 fully saturated rings. The van der Waals surface area contributed by atoms with Crippen LogP contribution in [0.2, 0.25) is 0 Å². The SMILES string of the molecule is CCCN(CCO)CCOC1CCCCO1. The molecule has 1 aliphatic heterocycles. The first-order valence-corrected chi connectivity index (χ1v) is 6.43. The van der Waals surface area contributed by atoms with Gasteiger partial charge in [-0.05, 0) is 32.2 Å². The van der Waals surface area contributed by atoms with Crippen molar-refractivity contribution in [2.45, 2.75) is 38.9 Å². The van der Waals surface area contributed by atoms with Crippen LogP contribution in [0.15, 0.2) is 0 Å². The summed E-state index contributed by atoms with van der Waals surface area (Å²) in [6.45, 7) is 6.55. The van der Waals surface area contributed by atoms with Crippen LogP contribution in [0.3, 0.4) is 0 Å². The summed E-state index contributed by atoms with van der Waals surface area (Å²) < 4.78 is 11.2. The summed E-state index contributed by atoms with van der Waals surface area (Å²) in [7, 11) is 0. The van der Waals surface area contributed by atoms with Gasteiger partial charge in [0.2, 0.25) is 0 Å². The monoisotopic (exact) mass is 231 g/mol. The molecule has 96 valence electrons. The van der Waals surface area contributed by atoms with Gasteiger partial charge in [-0.1, -0.05) is 6.92 Å². The lowest BCUT2D eigenvalue weighted by molar-refractivity contribution is -0.164. The third-order valence-corrected chi connectivity index (χ3v) is 2.81. The molecular weight excluding hydrogens is 206 g/mol. The van der Waals surface area contributed by atoms with E-state index in [4.69, 9.17) is 14.6 Å². The Hall–Kier alpha value is -0.160. The molecule has 0 aliphatic carbocycles. The summed E-state index contributed by atoms with van der Waals surface area (Å²) >= 11 is 0. The van der Waals surface area contributed by atoms with E-state index in [1.165, 1.54) is 6.42 Å². The number of hydrogen-bond donors (Lipinski definition) is 1. The first-order valence-electron chi connectivity index (χ1n) is 6.43. The number of ether oxygens (including phenoxy) is 2. The van der Waals surface area contributed by atoms with Crippen LogP contribution in [0.4, 0.5) is 0 Å². The second-order valence-electron chi connectivity index (χ2n) is 4.23. The molecule has 0 aromatic carbocycles. The Bertz CT molecular complexity index is 154. The normalized spacial score (nSPS) is 21.6. The van der Waals surface area contributed by atoms with Crippen molar-refractivity contribution >= 4 is 0 Å². The van der Waals surface area contributed by atoms with E-state index in [9.17, 15) is 0 Å². The first-order chi connectivity index (χ1) is 7.86. The van der Waals surface area contributed by atoms with Crippen LogP contribution in [0, 0.1) is 0 Å². The minimum atomic E-state index is 0.00588. The number of aliphatic hydroxyl groups excluding tert-OH is 1. The van der Waals surface area contributed by atoms with E-state index in [-0.39, 0.29) is 12.9 Å². The standard InChI is InChI=1S/C12H25NO3/c1-2-6-13(7-9-14)8-11-16-12-5-3-4-10-15-12/h12,14H,2-11H2,1H3. The highest BCUT2D eigenvalue weighted by Gasteiger charge is 2.14. The lowest BCUT2D eigenvalue weighted by atomic mass is 10.2. The molecule has 1 saturated heterocycles. The van der Waals surface area contributed by atoms with Crippen molar-refractivity contribution in [2.24, 2.45) is 0 Å². The molecule has 1 atom stereocenters. The summed E-state index contributed by atoms with van der Waals surface area (Å²) in [6, 6.07) is 0.